The highest BCUT2D eigenvalue weighted by Gasteiger charge is 2.47. The molecule has 0 heterocycles. The lowest BCUT2D eigenvalue weighted by atomic mass is 9.68. The minimum absolute atomic E-state index is 0.000618. The van der Waals surface area contributed by atoms with E-state index >= 15 is 0 Å². The Balaban J connectivity index is 1.61. The Hall–Kier alpha value is -1.40. The third kappa shape index (κ3) is 6.60. The number of rotatable bonds is 7. The molecule has 0 aromatic heterocycles. The highest BCUT2D eigenvalue weighted by Crippen LogP contribution is 2.47. The maximum atomic E-state index is 13.7. The first kappa shape index (κ1) is 26.2. The van der Waals surface area contributed by atoms with Gasteiger partial charge in [-0.25, -0.2) is 0 Å². The zero-order valence-electron chi connectivity index (χ0n) is 19.6. The van der Waals surface area contributed by atoms with Gasteiger partial charge in [-0.1, -0.05) is 51.5 Å². The summed E-state index contributed by atoms with van der Waals surface area (Å²) in [6, 6.07) is 2.16. The molecule has 0 saturated heterocycles. The topological polar surface area (TPSA) is 9.23 Å². The van der Waals surface area contributed by atoms with Crippen molar-refractivity contribution in [3.63, 3.8) is 0 Å². The summed E-state index contributed by atoms with van der Waals surface area (Å²) in [7, 11) is 0.957. The van der Waals surface area contributed by atoms with E-state index in [0.717, 1.165) is 56.8 Å². The van der Waals surface area contributed by atoms with Crippen LogP contribution in [0.1, 0.15) is 94.2 Å². The summed E-state index contributed by atoms with van der Waals surface area (Å²) < 4.78 is 86.2. The largest absolute Gasteiger partial charge is 0.496 e. The van der Waals surface area contributed by atoms with Crippen molar-refractivity contribution in [3.05, 3.63) is 28.8 Å². The first-order chi connectivity index (χ1) is 15.5. The summed E-state index contributed by atoms with van der Waals surface area (Å²) in [4.78, 5) is 0. The van der Waals surface area contributed by atoms with Crippen LogP contribution in [0.2, 0.25) is 0 Å². The van der Waals surface area contributed by atoms with Gasteiger partial charge in [0.1, 0.15) is 11.3 Å². The molecule has 0 aliphatic heterocycles. The molecule has 188 valence electrons. The second kappa shape index (κ2) is 10.9. The Labute approximate surface area is 193 Å². The fourth-order valence-electron chi connectivity index (χ4n) is 6.27. The zero-order chi connectivity index (χ0) is 24.2. The molecule has 1 aromatic carbocycles. The van der Waals surface area contributed by atoms with Crippen LogP contribution in [0.15, 0.2) is 12.1 Å². The highest BCUT2D eigenvalue weighted by molar-refractivity contribution is 5.48. The number of ether oxygens (including phenoxy) is 1. The van der Waals surface area contributed by atoms with Crippen molar-refractivity contribution < 1.29 is 31.1 Å². The standard InChI is InChI=1S/C26H36F6O/c1-3-4-17-5-10-19(11-6-17)20-12-7-18(8-13-20)9-14-21-15-16-22(33-2)24(26(30,31)32)23(21)25(27,28)29/h15-20H,3-14H2,1-2H3. The van der Waals surface area contributed by atoms with Crippen molar-refractivity contribution in [1.82, 2.24) is 0 Å². The van der Waals surface area contributed by atoms with Gasteiger partial charge in [-0.15, -0.1) is 0 Å². The molecule has 2 aliphatic carbocycles. The normalized spacial score (nSPS) is 26.9. The SMILES string of the molecule is CCCC1CCC(C2CCC(CCc3ccc(OC)c(C(F)(F)F)c3C(F)(F)F)CC2)CC1. The molecule has 33 heavy (non-hydrogen) atoms. The number of halogens is 6. The number of hydrogen-bond donors (Lipinski definition) is 0. The van der Waals surface area contributed by atoms with Gasteiger partial charge in [0.05, 0.1) is 12.7 Å². The Morgan fingerprint density at radius 1 is 0.727 bits per heavy atom. The lowest BCUT2D eigenvalue weighted by Gasteiger charge is -2.38. The van der Waals surface area contributed by atoms with E-state index in [1.54, 1.807) is 0 Å². The summed E-state index contributed by atoms with van der Waals surface area (Å²) in [5.74, 6) is 1.83. The predicted octanol–water partition coefficient (Wildman–Crippen LogP) is 9.08. The summed E-state index contributed by atoms with van der Waals surface area (Å²) in [6.07, 6.45) is 2.15. The fourth-order valence-corrected chi connectivity index (χ4v) is 6.27. The molecule has 2 aliphatic rings. The maximum absolute atomic E-state index is 13.7. The van der Waals surface area contributed by atoms with Crippen LogP contribution in [0.25, 0.3) is 0 Å². The molecule has 0 radical (unpaired) electrons. The van der Waals surface area contributed by atoms with Gasteiger partial charge in [-0.05, 0) is 73.8 Å². The van der Waals surface area contributed by atoms with Crippen molar-refractivity contribution in [2.45, 2.75) is 96.3 Å². The van der Waals surface area contributed by atoms with Gasteiger partial charge in [0.25, 0.3) is 0 Å². The zero-order valence-corrected chi connectivity index (χ0v) is 19.6. The van der Waals surface area contributed by atoms with Crippen LogP contribution in [0, 0.1) is 23.7 Å². The summed E-state index contributed by atoms with van der Waals surface area (Å²) >= 11 is 0. The van der Waals surface area contributed by atoms with E-state index < -0.39 is 29.2 Å². The van der Waals surface area contributed by atoms with E-state index in [-0.39, 0.29) is 17.9 Å². The molecule has 0 atom stereocenters. The number of methoxy groups -OCH3 is 1. The van der Waals surface area contributed by atoms with Crippen LogP contribution < -0.4 is 4.74 Å². The van der Waals surface area contributed by atoms with Crippen LogP contribution in [-0.4, -0.2) is 7.11 Å². The molecule has 0 N–H and O–H groups in total. The smallest absolute Gasteiger partial charge is 0.420 e. The Bertz CT molecular complexity index is 753. The number of benzene rings is 1. The molecule has 1 nitrogen and oxygen atoms in total. The van der Waals surface area contributed by atoms with Gasteiger partial charge < -0.3 is 4.74 Å². The second-order valence-corrected chi connectivity index (χ2v) is 10.1. The molecule has 0 amide bonds. The van der Waals surface area contributed by atoms with E-state index in [9.17, 15) is 26.3 Å². The molecule has 0 unspecified atom stereocenters. The van der Waals surface area contributed by atoms with E-state index in [1.165, 1.54) is 38.5 Å². The second-order valence-electron chi connectivity index (χ2n) is 10.1. The van der Waals surface area contributed by atoms with E-state index in [0.29, 0.717) is 12.3 Å². The third-order valence-corrected chi connectivity index (χ3v) is 8.01. The van der Waals surface area contributed by atoms with Crippen molar-refractivity contribution in [2.24, 2.45) is 23.7 Å². The Morgan fingerprint density at radius 2 is 1.21 bits per heavy atom. The molecular weight excluding hydrogens is 442 g/mol. The molecule has 3 rings (SSSR count). The highest BCUT2D eigenvalue weighted by atomic mass is 19.4. The molecule has 0 spiro atoms. The Morgan fingerprint density at radius 3 is 1.64 bits per heavy atom. The maximum Gasteiger partial charge on any atom is 0.420 e. The van der Waals surface area contributed by atoms with E-state index in [2.05, 4.69) is 11.7 Å². The van der Waals surface area contributed by atoms with E-state index in [4.69, 9.17) is 0 Å². The molecule has 1 aromatic rings. The number of aryl methyl sites for hydroxylation is 1. The van der Waals surface area contributed by atoms with Gasteiger partial charge in [0.2, 0.25) is 0 Å². The minimum atomic E-state index is -5.14. The van der Waals surface area contributed by atoms with Gasteiger partial charge >= 0.3 is 12.4 Å². The van der Waals surface area contributed by atoms with Crippen LogP contribution >= 0.6 is 0 Å². The van der Waals surface area contributed by atoms with E-state index in [1.807, 2.05) is 0 Å². The third-order valence-electron chi connectivity index (χ3n) is 8.01. The van der Waals surface area contributed by atoms with Crippen molar-refractivity contribution in [3.8, 4) is 5.75 Å². The average Bonchev–Trinajstić information content (AvgIpc) is 2.77. The van der Waals surface area contributed by atoms with Gasteiger partial charge in [0.15, 0.2) is 0 Å². The van der Waals surface area contributed by atoms with Gasteiger partial charge in [-0.3, -0.25) is 0 Å². The van der Waals surface area contributed by atoms with Crippen molar-refractivity contribution >= 4 is 0 Å². The summed E-state index contributed by atoms with van der Waals surface area (Å²) in [5.41, 5.74) is -3.59. The summed E-state index contributed by atoms with van der Waals surface area (Å²) in [5, 5.41) is 0. The van der Waals surface area contributed by atoms with Crippen molar-refractivity contribution in [2.75, 3.05) is 7.11 Å². The minimum Gasteiger partial charge on any atom is -0.496 e. The Kier molecular flexibility index (Phi) is 8.66. The summed E-state index contributed by atoms with van der Waals surface area (Å²) in [6.45, 7) is 2.24. The van der Waals surface area contributed by atoms with Crippen LogP contribution in [0.3, 0.4) is 0 Å². The van der Waals surface area contributed by atoms with Gasteiger partial charge in [0, 0.05) is 0 Å². The lowest BCUT2D eigenvalue weighted by molar-refractivity contribution is -0.163. The first-order valence-electron chi connectivity index (χ1n) is 12.4. The molecular formula is C26H36F6O. The first-order valence-corrected chi connectivity index (χ1v) is 12.4. The van der Waals surface area contributed by atoms with Crippen LogP contribution in [-0.2, 0) is 18.8 Å². The molecule has 0 bridgehead atoms. The molecule has 2 fully saturated rings. The monoisotopic (exact) mass is 478 g/mol. The number of alkyl halides is 6. The molecule has 2 saturated carbocycles. The van der Waals surface area contributed by atoms with Crippen LogP contribution in [0.4, 0.5) is 26.3 Å². The molecule has 7 heteroatoms. The fraction of sp³-hybridized carbons (Fsp3) is 0.769. The predicted molar refractivity (Wildman–Crippen MR) is 117 cm³/mol. The lowest BCUT2D eigenvalue weighted by Crippen LogP contribution is -2.26. The number of hydrogen-bond acceptors (Lipinski definition) is 1. The quantitative estimate of drug-likeness (QED) is 0.355. The van der Waals surface area contributed by atoms with Crippen LogP contribution in [0.5, 0.6) is 5.75 Å². The van der Waals surface area contributed by atoms with Crippen molar-refractivity contribution in [1.29, 1.82) is 0 Å². The van der Waals surface area contributed by atoms with Gasteiger partial charge in [-0.2, -0.15) is 26.3 Å². The average molecular weight is 479 g/mol.